The summed E-state index contributed by atoms with van der Waals surface area (Å²) in [5.41, 5.74) is 2.39. The summed E-state index contributed by atoms with van der Waals surface area (Å²) < 4.78 is 7.62. The lowest BCUT2D eigenvalue weighted by atomic mass is 10.2. The molecule has 0 spiro atoms. The first-order valence-corrected chi connectivity index (χ1v) is 12.8. The number of carbonyl (C=O) groups is 3. The first-order valence-electron chi connectivity index (χ1n) is 10.2. The van der Waals surface area contributed by atoms with E-state index in [0.29, 0.717) is 18.0 Å². The summed E-state index contributed by atoms with van der Waals surface area (Å²) in [5, 5.41) is 2.23. The molecule has 3 aromatic rings. The number of rotatable bonds is 7. The zero-order chi connectivity index (χ0) is 24.1. The van der Waals surface area contributed by atoms with Crippen LogP contribution in [0.4, 0.5) is 10.5 Å². The first kappa shape index (κ1) is 24.5. The Morgan fingerprint density at radius 1 is 1.06 bits per heavy atom. The van der Waals surface area contributed by atoms with E-state index >= 15 is 0 Å². The highest BCUT2D eigenvalue weighted by Gasteiger charge is 2.36. The molecular weight excluding hydrogens is 631 g/mol. The minimum atomic E-state index is -0.492. The van der Waals surface area contributed by atoms with Gasteiger partial charge in [0.2, 0.25) is 5.91 Å². The molecule has 0 radical (unpaired) electrons. The minimum absolute atomic E-state index is 0.261. The lowest BCUT2D eigenvalue weighted by molar-refractivity contribution is -0.127. The number of anilines is 1. The van der Waals surface area contributed by atoms with Gasteiger partial charge in [0, 0.05) is 9.26 Å². The molecule has 3 aromatic carbocycles. The Hall–Kier alpha value is -2.63. The van der Waals surface area contributed by atoms with Crippen LogP contribution in [0.1, 0.15) is 11.1 Å². The molecule has 0 atom stereocenters. The molecule has 0 bridgehead atoms. The fraction of sp³-hybridized carbons (Fsp3) is 0.0800. The lowest BCUT2D eigenvalue weighted by Crippen LogP contribution is -2.36. The van der Waals surface area contributed by atoms with E-state index in [4.69, 9.17) is 4.74 Å². The van der Waals surface area contributed by atoms with Gasteiger partial charge in [0.05, 0.1) is 9.38 Å². The maximum Gasteiger partial charge on any atom is 0.294 e. The van der Waals surface area contributed by atoms with Crippen molar-refractivity contribution < 1.29 is 19.1 Å². The molecule has 1 aliphatic rings. The van der Waals surface area contributed by atoms with Crippen molar-refractivity contribution in [2.45, 2.75) is 6.61 Å². The second kappa shape index (κ2) is 11.2. The van der Waals surface area contributed by atoms with Gasteiger partial charge in [-0.3, -0.25) is 19.3 Å². The smallest absolute Gasteiger partial charge is 0.294 e. The van der Waals surface area contributed by atoms with Crippen molar-refractivity contribution >= 4 is 79.1 Å². The van der Waals surface area contributed by atoms with Crippen LogP contribution in [0.3, 0.4) is 0 Å². The third-order valence-electron chi connectivity index (χ3n) is 4.79. The van der Waals surface area contributed by atoms with Crippen LogP contribution in [0.15, 0.2) is 82.2 Å². The molecule has 9 heteroatoms. The number of hydrogen-bond donors (Lipinski definition) is 1. The average Bonchev–Trinajstić information content (AvgIpc) is 3.08. The molecule has 1 aliphatic heterocycles. The van der Waals surface area contributed by atoms with E-state index in [1.807, 2.05) is 54.6 Å². The highest BCUT2D eigenvalue weighted by Crippen LogP contribution is 2.34. The molecule has 34 heavy (non-hydrogen) atoms. The van der Waals surface area contributed by atoms with Crippen LogP contribution >= 0.6 is 50.3 Å². The van der Waals surface area contributed by atoms with Crippen molar-refractivity contribution in [2.24, 2.45) is 0 Å². The highest BCUT2D eigenvalue weighted by atomic mass is 127. The predicted octanol–water partition coefficient (Wildman–Crippen LogP) is 6.31. The molecule has 4 rings (SSSR count). The van der Waals surface area contributed by atoms with Gasteiger partial charge < -0.3 is 10.1 Å². The Balaban J connectivity index is 1.39. The van der Waals surface area contributed by atoms with Crippen molar-refractivity contribution in [3.63, 3.8) is 0 Å². The average molecular weight is 649 g/mol. The number of halogens is 2. The van der Waals surface area contributed by atoms with Crippen molar-refractivity contribution in [2.75, 3.05) is 11.9 Å². The topological polar surface area (TPSA) is 75.7 Å². The lowest BCUT2D eigenvalue weighted by Gasteiger charge is -2.12. The summed E-state index contributed by atoms with van der Waals surface area (Å²) in [6.45, 7) is 0.0892. The summed E-state index contributed by atoms with van der Waals surface area (Å²) in [4.78, 5) is 38.7. The van der Waals surface area contributed by atoms with E-state index in [1.165, 1.54) is 0 Å². The van der Waals surface area contributed by atoms with Crippen molar-refractivity contribution in [3.05, 3.63) is 96.9 Å². The number of ether oxygens (including phenoxy) is 1. The van der Waals surface area contributed by atoms with Gasteiger partial charge >= 0.3 is 0 Å². The second-order valence-corrected chi connectivity index (χ2v) is 10.4. The van der Waals surface area contributed by atoms with E-state index in [9.17, 15) is 14.4 Å². The van der Waals surface area contributed by atoms with Crippen LogP contribution < -0.4 is 10.1 Å². The van der Waals surface area contributed by atoms with Gasteiger partial charge in [-0.1, -0.05) is 36.4 Å². The van der Waals surface area contributed by atoms with Gasteiger partial charge in [0.25, 0.3) is 11.1 Å². The zero-order valence-electron chi connectivity index (χ0n) is 17.7. The van der Waals surface area contributed by atoms with Crippen LogP contribution in [0.5, 0.6) is 5.75 Å². The second-order valence-electron chi connectivity index (χ2n) is 7.29. The molecule has 0 aromatic heterocycles. The zero-order valence-corrected chi connectivity index (χ0v) is 22.2. The van der Waals surface area contributed by atoms with E-state index < -0.39 is 17.1 Å². The number of benzene rings is 3. The third-order valence-corrected chi connectivity index (χ3v) is 7.04. The molecule has 172 valence electrons. The minimum Gasteiger partial charge on any atom is -0.488 e. The Morgan fingerprint density at radius 3 is 2.50 bits per heavy atom. The van der Waals surface area contributed by atoms with E-state index in [2.05, 4.69) is 43.8 Å². The third kappa shape index (κ3) is 6.28. The molecule has 6 nitrogen and oxygen atoms in total. The maximum atomic E-state index is 12.8. The van der Waals surface area contributed by atoms with Crippen molar-refractivity contribution in [1.82, 2.24) is 4.90 Å². The summed E-state index contributed by atoms with van der Waals surface area (Å²) in [7, 11) is 0. The predicted molar refractivity (Wildman–Crippen MR) is 145 cm³/mol. The summed E-state index contributed by atoms with van der Waals surface area (Å²) in [6.07, 6.45) is 1.63. The van der Waals surface area contributed by atoms with Crippen LogP contribution in [0, 0.1) is 3.57 Å². The van der Waals surface area contributed by atoms with Gasteiger partial charge in [-0.05, 0) is 104 Å². The number of nitrogens with one attached hydrogen (secondary N) is 1. The molecule has 1 fully saturated rings. The molecule has 0 aliphatic carbocycles. The number of carbonyl (C=O) groups excluding carboxylic acids is 3. The van der Waals surface area contributed by atoms with E-state index in [0.717, 1.165) is 35.8 Å². The highest BCUT2D eigenvalue weighted by molar-refractivity contribution is 14.1. The standard InChI is InChI=1S/C25H18BrIN2O4S/c26-20-12-17(6-11-21(20)33-15-16-4-2-1-3-5-16)13-22-24(31)29(25(32)34-22)14-23(30)28-19-9-7-18(27)8-10-19/h1-13H,14-15H2,(H,28,30)/b22-13+. The van der Waals surface area contributed by atoms with Crippen molar-refractivity contribution in [3.8, 4) is 5.75 Å². The molecule has 0 saturated carbocycles. The molecule has 1 saturated heterocycles. The quantitative estimate of drug-likeness (QED) is 0.240. The molecule has 1 heterocycles. The molecule has 3 amide bonds. The maximum absolute atomic E-state index is 12.8. The van der Waals surface area contributed by atoms with Crippen molar-refractivity contribution in [1.29, 1.82) is 0 Å². The number of amides is 3. The number of imide groups is 1. The Bertz CT molecular complexity index is 1270. The van der Waals surface area contributed by atoms with Gasteiger partial charge in [0.1, 0.15) is 18.9 Å². The fourth-order valence-electron chi connectivity index (χ4n) is 3.12. The Kier molecular flexibility index (Phi) is 8.07. The van der Waals surface area contributed by atoms with E-state index in [-0.39, 0.29) is 11.4 Å². The number of hydrogen-bond acceptors (Lipinski definition) is 5. The summed E-state index contributed by atoms with van der Waals surface area (Å²) in [6, 6.07) is 22.5. The van der Waals surface area contributed by atoms with Gasteiger partial charge in [-0.25, -0.2) is 0 Å². The van der Waals surface area contributed by atoms with Gasteiger partial charge in [0.15, 0.2) is 0 Å². The van der Waals surface area contributed by atoms with Crippen LogP contribution in [0.2, 0.25) is 0 Å². The van der Waals surface area contributed by atoms with Gasteiger partial charge in [-0.2, -0.15) is 0 Å². The normalized spacial score (nSPS) is 14.5. The largest absolute Gasteiger partial charge is 0.488 e. The van der Waals surface area contributed by atoms with Crippen LogP contribution in [-0.4, -0.2) is 28.5 Å². The first-order chi connectivity index (χ1) is 16.4. The Labute approximate surface area is 223 Å². The summed E-state index contributed by atoms with van der Waals surface area (Å²) >= 11 is 6.48. The fourth-order valence-corrected chi connectivity index (χ4v) is 4.83. The van der Waals surface area contributed by atoms with Gasteiger partial charge in [-0.15, -0.1) is 0 Å². The molecular formula is C25H18BrIN2O4S. The molecule has 1 N–H and O–H groups in total. The molecule has 0 unspecified atom stereocenters. The monoisotopic (exact) mass is 648 g/mol. The SMILES string of the molecule is O=C(CN1C(=O)S/C(=C/c2ccc(OCc3ccccc3)c(Br)c2)C1=O)Nc1ccc(I)cc1. The number of nitrogens with zero attached hydrogens (tertiary/aromatic N) is 1. The van der Waals surface area contributed by atoms with E-state index in [1.54, 1.807) is 24.3 Å². The number of thioether (sulfide) groups is 1. The Morgan fingerprint density at radius 2 is 1.79 bits per heavy atom. The summed E-state index contributed by atoms with van der Waals surface area (Å²) in [5.74, 6) is -0.262. The van der Waals surface area contributed by atoms with Crippen LogP contribution in [-0.2, 0) is 16.2 Å². The van der Waals surface area contributed by atoms with Crippen LogP contribution in [0.25, 0.3) is 6.08 Å².